The Balaban J connectivity index is 1.38. The lowest BCUT2D eigenvalue weighted by atomic mass is 9.90. The lowest BCUT2D eigenvalue weighted by molar-refractivity contribution is -0.230. The van der Waals surface area contributed by atoms with E-state index in [-0.39, 0.29) is 11.8 Å². The van der Waals surface area contributed by atoms with Crippen LogP contribution in [0.25, 0.3) is 0 Å². The molecule has 1 aromatic carbocycles. The van der Waals surface area contributed by atoms with Crippen LogP contribution in [0.2, 0.25) is 0 Å². The predicted octanol–water partition coefficient (Wildman–Crippen LogP) is 1.46. The number of benzene rings is 1. The zero-order valence-electron chi connectivity index (χ0n) is 11.8. The Morgan fingerprint density at radius 3 is 2.62 bits per heavy atom. The first-order valence-electron chi connectivity index (χ1n) is 7.49. The fourth-order valence-electron chi connectivity index (χ4n) is 3.08. The summed E-state index contributed by atoms with van der Waals surface area (Å²) >= 11 is 0. The summed E-state index contributed by atoms with van der Waals surface area (Å²) in [4.78, 5) is 31.9. The first kappa shape index (κ1) is 12.8. The fourth-order valence-corrected chi connectivity index (χ4v) is 3.08. The van der Waals surface area contributed by atoms with Crippen molar-refractivity contribution in [2.75, 3.05) is 19.6 Å². The molecule has 4 rings (SSSR count). The zero-order chi connectivity index (χ0) is 14.4. The average molecular weight is 286 g/mol. The van der Waals surface area contributed by atoms with E-state index in [4.69, 9.17) is 4.84 Å². The first-order valence-corrected chi connectivity index (χ1v) is 7.49. The van der Waals surface area contributed by atoms with Crippen LogP contribution >= 0.6 is 0 Å². The van der Waals surface area contributed by atoms with Gasteiger partial charge in [0.05, 0.1) is 26.1 Å². The van der Waals surface area contributed by atoms with Gasteiger partial charge in [-0.05, 0) is 30.9 Å². The molecule has 2 heterocycles. The summed E-state index contributed by atoms with van der Waals surface area (Å²) < 4.78 is 0. The lowest BCUT2D eigenvalue weighted by Crippen LogP contribution is -2.63. The molecule has 1 aromatic rings. The maximum atomic E-state index is 12.3. The van der Waals surface area contributed by atoms with E-state index in [0.717, 1.165) is 0 Å². The van der Waals surface area contributed by atoms with Crippen LogP contribution in [0, 0.1) is 5.92 Å². The van der Waals surface area contributed by atoms with Crippen LogP contribution in [-0.2, 0) is 9.63 Å². The molecule has 3 aliphatic rings. The normalized spacial score (nSPS) is 23.5. The first-order chi connectivity index (χ1) is 10.2. The Morgan fingerprint density at radius 1 is 1.24 bits per heavy atom. The molecule has 1 aliphatic carbocycles. The van der Waals surface area contributed by atoms with Gasteiger partial charge in [-0.2, -0.15) is 0 Å². The van der Waals surface area contributed by atoms with E-state index in [1.54, 1.807) is 4.90 Å². The standard InChI is InChI=1S/C16H18N2O3/c19-14-8-16(21-18(14)9-12-6-7-12)10-17(11-16)15(20)13-4-2-1-3-5-13/h1-5,12H,6-11H2. The molecule has 1 saturated carbocycles. The monoisotopic (exact) mass is 286 g/mol. The maximum absolute atomic E-state index is 12.3. The van der Waals surface area contributed by atoms with Crippen molar-refractivity contribution in [1.82, 2.24) is 9.96 Å². The zero-order valence-corrected chi connectivity index (χ0v) is 11.8. The third-order valence-electron chi connectivity index (χ3n) is 4.44. The Hall–Kier alpha value is -1.88. The second kappa shape index (κ2) is 4.56. The minimum absolute atomic E-state index is 0.0120. The van der Waals surface area contributed by atoms with Crippen molar-refractivity contribution in [2.45, 2.75) is 24.9 Å². The van der Waals surface area contributed by atoms with Gasteiger partial charge in [-0.15, -0.1) is 0 Å². The van der Waals surface area contributed by atoms with E-state index in [1.807, 2.05) is 30.3 Å². The van der Waals surface area contributed by atoms with E-state index in [1.165, 1.54) is 17.9 Å². The molecule has 3 fully saturated rings. The third-order valence-corrected chi connectivity index (χ3v) is 4.44. The highest BCUT2D eigenvalue weighted by molar-refractivity contribution is 5.95. The molecule has 0 unspecified atom stereocenters. The van der Waals surface area contributed by atoms with E-state index >= 15 is 0 Å². The minimum Gasteiger partial charge on any atom is -0.332 e. The summed E-state index contributed by atoms with van der Waals surface area (Å²) in [5, 5.41) is 1.53. The largest absolute Gasteiger partial charge is 0.332 e. The van der Waals surface area contributed by atoms with Crippen molar-refractivity contribution in [3.05, 3.63) is 35.9 Å². The molecule has 110 valence electrons. The molecule has 0 radical (unpaired) electrons. The predicted molar refractivity (Wildman–Crippen MR) is 75.2 cm³/mol. The van der Waals surface area contributed by atoms with Gasteiger partial charge < -0.3 is 4.90 Å². The van der Waals surface area contributed by atoms with Crippen LogP contribution in [-0.4, -0.2) is 47.0 Å². The number of amides is 2. The summed E-state index contributed by atoms with van der Waals surface area (Å²) in [7, 11) is 0. The number of hydroxylamine groups is 2. The second-order valence-corrected chi connectivity index (χ2v) is 6.38. The summed E-state index contributed by atoms with van der Waals surface area (Å²) in [5.74, 6) is 0.692. The van der Waals surface area contributed by atoms with E-state index in [0.29, 0.717) is 37.5 Å². The Labute approximate surface area is 123 Å². The number of nitrogens with zero attached hydrogens (tertiary/aromatic N) is 2. The second-order valence-electron chi connectivity index (χ2n) is 6.38. The van der Waals surface area contributed by atoms with Crippen molar-refractivity contribution in [1.29, 1.82) is 0 Å². The third kappa shape index (κ3) is 2.31. The van der Waals surface area contributed by atoms with Crippen LogP contribution in [0.5, 0.6) is 0 Å². The van der Waals surface area contributed by atoms with Gasteiger partial charge in [0.2, 0.25) is 5.91 Å². The van der Waals surface area contributed by atoms with Gasteiger partial charge in [0, 0.05) is 5.56 Å². The van der Waals surface area contributed by atoms with Crippen molar-refractivity contribution < 1.29 is 14.4 Å². The molecule has 0 atom stereocenters. The van der Waals surface area contributed by atoms with Crippen LogP contribution in [0.1, 0.15) is 29.6 Å². The van der Waals surface area contributed by atoms with Crippen LogP contribution in [0.15, 0.2) is 30.3 Å². The number of carbonyl (C=O) groups is 2. The molecule has 2 amide bonds. The quantitative estimate of drug-likeness (QED) is 0.845. The summed E-state index contributed by atoms with van der Waals surface area (Å²) in [6.07, 6.45) is 2.79. The van der Waals surface area contributed by atoms with Crippen molar-refractivity contribution in [3.63, 3.8) is 0 Å². The molecule has 2 saturated heterocycles. The molecule has 1 spiro atoms. The van der Waals surface area contributed by atoms with Gasteiger partial charge in [0.15, 0.2) is 0 Å². The highest BCUT2D eigenvalue weighted by Crippen LogP contribution is 2.39. The van der Waals surface area contributed by atoms with Crippen LogP contribution in [0.4, 0.5) is 0 Å². The van der Waals surface area contributed by atoms with Gasteiger partial charge in [0.1, 0.15) is 5.60 Å². The van der Waals surface area contributed by atoms with Gasteiger partial charge in [-0.25, -0.2) is 5.06 Å². The minimum atomic E-state index is -0.462. The van der Waals surface area contributed by atoms with Crippen molar-refractivity contribution in [2.24, 2.45) is 5.92 Å². The highest BCUT2D eigenvalue weighted by Gasteiger charge is 2.55. The SMILES string of the molecule is O=C(c1ccccc1)N1CC2(CC(=O)N(CC3CC3)O2)C1. The van der Waals surface area contributed by atoms with Crippen LogP contribution < -0.4 is 0 Å². The molecule has 21 heavy (non-hydrogen) atoms. The van der Waals surface area contributed by atoms with Crippen molar-refractivity contribution in [3.8, 4) is 0 Å². The number of likely N-dealkylation sites (tertiary alicyclic amines) is 1. The fraction of sp³-hybridized carbons (Fsp3) is 0.500. The summed E-state index contributed by atoms with van der Waals surface area (Å²) in [6, 6.07) is 9.23. The number of hydrogen-bond donors (Lipinski definition) is 0. The molecule has 0 bridgehead atoms. The Morgan fingerprint density at radius 2 is 1.95 bits per heavy atom. The summed E-state index contributed by atoms with van der Waals surface area (Å²) in [6.45, 7) is 1.73. The lowest BCUT2D eigenvalue weighted by Gasteiger charge is -2.45. The molecule has 5 heteroatoms. The van der Waals surface area contributed by atoms with Crippen LogP contribution in [0.3, 0.4) is 0 Å². The molecule has 0 aromatic heterocycles. The van der Waals surface area contributed by atoms with E-state index in [2.05, 4.69) is 0 Å². The van der Waals surface area contributed by atoms with E-state index < -0.39 is 5.60 Å². The number of hydrogen-bond acceptors (Lipinski definition) is 3. The van der Waals surface area contributed by atoms with Gasteiger partial charge in [-0.1, -0.05) is 18.2 Å². The topological polar surface area (TPSA) is 49.9 Å². The van der Waals surface area contributed by atoms with E-state index in [9.17, 15) is 9.59 Å². The molecular formula is C16H18N2O3. The van der Waals surface area contributed by atoms with Gasteiger partial charge in [-0.3, -0.25) is 14.4 Å². The highest BCUT2D eigenvalue weighted by atomic mass is 16.7. The molecule has 0 N–H and O–H groups in total. The molecule has 5 nitrogen and oxygen atoms in total. The average Bonchev–Trinajstić information content (AvgIpc) is 3.21. The van der Waals surface area contributed by atoms with Gasteiger partial charge in [0.25, 0.3) is 5.91 Å². The van der Waals surface area contributed by atoms with Crippen molar-refractivity contribution >= 4 is 11.8 Å². The summed E-state index contributed by atoms with van der Waals surface area (Å²) in [5.41, 5.74) is 0.225. The van der Waals surface area contributed by atoms with Gasteiger partial charge >= 0.3 is 0 Å². The number of rotatable bonds is 3. The molecule has 2 aliphatic heterocycles. The molecular weight excluding hydrogens is 268 g/mol. The number of carbonyl (C=O) groups excluding carboxylic acids is 2. The maximum Gasteiger partial charge on any atom is 0.254 e. The Bertz CT molecular complexity index is 576. The smallest absolute Gasteiger partial charge is 0.254 e. The Kier molecular flexibility index (Phi) is 2.79.